The van der Waals surface area contributed by atoms with E-state index in [1.54, 1.807) is 30.3 Å². The smallest absolute Gasteiger partial charge is 0.305 e. The average Bonchev–Trinajstić information content (AvgIpc) is 3.58. The molecule has 0 radical (unpaired) electrons. The molecule has 4 aromatic heterocycles. The first kappa shape index (κ1) is 22.1. The molecule has 0 fully saturated rings. The molecule has 0 aliphatic heterocycles. The largest absolute Gasteiger partial charge is 0.435 e. The van der Waals surface area contributed by atoms with Crippen molar-refractivity contribution in [2.75, 3.05) is 5.32 Å². The van der Waals surface area contributed by atoms with E-state index >= 15 is 0 Å². The lowest BCUT2D eigenvalue weighted by molar-refractivity contribution is -0.380. The molecule has 5 rings (SSSR count). The molecule has 0 atom stereocenters. The molecule has 176 valence electrons. The Bertz CT molecular complexity index is 1580. The highest BCUT2D eigenvalue weighted by Crippen LogP contribution is 2.29. The summed E-state index contributed by atoms with van der Waals surface area (Å²) in [6, 6.07) is 12.1. The number of fused-ring (bicyclic) bond motifs is 1. The van der Waals surface area contributed by atoms with Gasteiger partial charge in [0.15, 0.2) is 11.3 Å². The van der Waals surface area contributed by atoms with Gasteiger partial charge in [-0.05, 0) is 24.3 Å². The van der Waals surface area contributed by atoms with Gasteiger partial charge in [-0.2, -0.15) is 33.3 Å². The van der Waals surface area contributed by atoms with E-state index in [9.17, 15) is 28.1 Å². The molecule has 5 aromatic rings. The van der Waals surface area contributed by atoms with Gasteiger partial charge in [-0.1, -0.05) is 29.5 Å². The summed E-state index contributed by atoms with van der Waals surface area (Å²) in [7, 11) is 0. The fourth-order valence-electron chi connectivity index (χ4n) is 3.16. The Kier molecular flexibility index (Phi) is 5.24. The first-order chi connectivity index (χ1) is 16.7. The Morgan fingerprint density at radius 2 is 1.86 bits per heavy atom. The topological polar surface area (TPSA) is 134 Å². The van der Waals surface area contributed by atoms with Crippen molar-refractivity contribution in [2.45, 2.75) is 6.18 Å². The maximum absolute atomic E-state index is 13.1. The van der Waals surface area contributed by atoms with Crippen LogP contribution < -0.4 is 5.32 Å². The highest BCUT2D eigenvalue weighted by molar-refractivity contribution is 7.17. The van der Waals surface area contributed by atoms with Crippen molar-refractivity contribution in [2.24, 2.45) is 0 Å². The van der Waals surface area contributed by atoms with Gasteiger partial charge in [-0.15, -0.1) is 0 Å². The van der Waals surface area contributed by atoms with Crippen LogP contribution in [0.5, 0.6) is 0 Å². The minimum atomic E-state index is -4.67. The number of nitrogens with zero attached hydrogens (tertiary/aromatic N) is 7. The van der Waals surface area contributed by atoms with Gasteiger partial charge in [-0.3, -0.25) is 14.9 Å². The Labute approximate surface area is 196 Å². The zero-order valence-corrected chi connectivity index (χ0v) is 18.0. The second kappa shape index (κ2) is 8.28. The Hall–Kier alpha value is -4.66. The summed E-state index contributed by atoms with van der Waals surface area (Å²) in [5, 5.41) is 21.3. The number of aromatic nitrogens is 6. The van der Waals surface area contributed by atoms with Gasteiger partial charge in [0, 0.05) is 12.3 Å². The van der Waals surface area contributed by atoms with Crippen LogP contribution in [0.1, 0.15) is 15.4 Å². The van der Waals surface area contributed by atoms with Crippen LogP contribution in [0.2, 0.25) is 0 Å². The fourth-order valence-corrected chi connectivity index (χ4v) is 3.87. The predicted octanol–water partition coefficient (Wildman–Crippen LogP) is 4.24. The number of carbonyl (C=O) groups is 1. The van der Waals surface area contributed by atoms with E-state index in [0.717, 1.165) is 16.9 Å². The van der Waals surface area contributed by atoms with Crippen LogP contribution in [-0.4, -0.2) is 40.4 Å². The van der Waals surface area contributed by atoms with Gasteiger partial charge in [0.05, 0.1) is 27.1 Å². The number of amides is 1. The molecule has 0 unspecified atom stereocenters. The predicted molar refractivity (Wildman–Crippen MR) is 118 cm³/mol. The molecule has 0 spiro atoms. The van der Waals surface area contributed by atoms with Crippen LogP contribution in [0.15, 0.2) is 60.9 Å². The summed E-state index contributed by atoms with van der Waals surface area (Å²) in [5.74, 6) is -1.01. The molecule has 11 nitrogen and oxygen atoms in total. The number of carbonyl (C=O) groups excluding carboxylic acids is 1. The zero-order chi connectivity index (χ0) is 24.7. The third-order valence-electron chi connectivity index (χ3n) is 4.73. The summed E-state index contributed by atoms with van der Waals surface area (Å²) in [6.07, 6.45) is -2.24. The standard InChI is InChI=1S/C20H11F3N8O3S/c21-20(22,23)14-8-9-29(28-14)19-26-16(25-18(32)13-6-7-15(35-13)31(33)34)12-10-24-30(17(12)27-19)11-4-2-1-3-5-11/h1-10H,(H,25,26,27,32). The summed E-state index contributed by atoms with van der Waals surface area (Å²) < 4.78 is 41.5. The van der Waals surface area contributed by atoms with Gasteiger partial charge >= 0.3 is 11.2 Å². The number of nitrogens with one attached hydrogen (secondary N) is 1. The normalized spacial score (nSPS) is 11.6. The highest BCUT2D eigenvalue weighted by atomic mass is 32.1. The number of para-hydroxylation sites is 1. The molecule has 35 heavy (non-hydrogen) atoms. The van der Waals surface area contributed by atoms with E-state index < -0.39 is 22.7 Å². The van der Waals surface area contributed by atoms with Crippen LogP contribution in [0.25, 0.3) is 22.7 Å². The van der Waals surface area contributed by atoms with Crippen molar-refractivity contribution < 1.29 is 22.9 Å². The summed E-state index contributed by atoms with van der Waals surface area (Å²) >= 11 is 0.665. The molecule has 1 aromatic carbocycles. The van der Waals surface area contributed by atoms with E-state index in [-0.39, 0.29) is 27.3 Å². The van der Waals surface area contributed by atoms with Crippen LogP contribution >= 0.6 is 11.3 Å². The fraction of sp³-hybridized carbons (Fsp3) is 0.0500. The van der Waals surface area contributed by atoms with Crippen LogP contribution in [-0.2, 0) is 6.18 Å². The molecule has 4 heterocycles. The molecule has 1 amide bonds. The Morgan fingerprint density at radius 1 is 1.09 bits per heavy atom. The molecule has 1 N–H and O–H groups in total. The van der Waals surface area contributed by atoms with E-state index in [1.165, 1.54) is 23.0 Å². The average molecular weight is 500 g/mol. The first-order valence-corrected chi connectivity index (χ1v) is 10.5. The van der Waals surface area contributed by atoms with Crippen molar-refractivity contribution in [3.8, 4) is 11.6 Å². The van der Waals surface area contributed by atoms with Crippen molar-refractivity contribution in [1.82, 2.24) is 29.5 Å². The van der Waals surface area contributed by atoms with Crippen molar-refractivity contribution in [1.29, 1.82) is 0 Å². The molecular formula is C20H11F3N8O3S. The highest BCUT2D eigenvalue weighted by Gasteiger charge is 2.34. The Morgan fingerprint density at radius 3 is 2.51 bits per heavy atom. The number of anilines is 1. The molecule has 0 saturated heterocycles. The van der Waals surface area contributed by atoms with Gasteiger partial charge < -0.3 is 5.32 Å². The minimum absolute atomic E-state index is 0.0407. The van der Waals surface area contributed by atoms with Crippen molar-refractivity contribution >= 4 is 39.1 Å². The van der Waals surface area contributed by atoms with Gasteiger partial charge in [-0.25, -0.2) is 9.36 Å². The second-order valence-electron chi connectivity index (χ2n) is 6.99. The number of benzene rings is 1. The molecule has 0 saturated carbocycles. The maximum Gasteiger partial charge on any atom is 0.435 e. The number of rotatable bonds is 5. The number of thiophene rings is 1. The Balaban J connectivity index is 1.63. The number of hydrogen-bond donors (Lipinski definition) is 1. The summed E-state index contributed by atoms with van der Waals surface area (Å²) in [5.41, 5.74) is -0.346. The second-order valence-corrected chi connectivity index (χ2v) is 8.06. The monoisotopic (exact) mass is 500 g/mol. The van der Waals surface area contributed by atoms with Crippen molar-refractivity contribution in [3.05, 3.63) is 81.6 Å². The molecule has 0 bridgehead atoms. The molecular weight excluding hydrogens is 489 g/mol. The van der Waals surface area contributed by atoms with Crippen LogP contribution in [0, 0.1) is 10.1 Å². The van der Waals surface area contributed by atoms with Gasteiger partial charge in [0.2, 0.25) is 0 Å². The van der Waals surface area contributed by atoms with Crippen LogP contribution in [0.4, 0.5) is 24.0 Å². The number of alkyl halides is 3. The van der Waals surface area contributed by atoms with Gasteiger partial charge in [0.25, 0.3) is 11.9 Å². The van der Waals surface area contributed by atoms with Gasteiger partial charge in [0.1, 0.15) is 5.82 Å². The molecule has 15 heteroatoms. The minimum Gasteiger partial charge on any atom is -0.305 e. The summed E-state index contributed by atoms with van der Waals surface area (Å²) in [6.45, 7) is 0. The third-order valence-corrected chi connectivity index (χ3v) is 5.77. The number of halogens is 3. The lowest BCUT2D eigenvalue weighted by Crippen LogP contribution is -2.14. The first-order valence-electron chi connectivity index (χ1n) is 9.71. The number of hydrogen-bond acceptors (Lipinski definition) is 8. The molecule has 0 aliphatic rings. The molecule has 0 aliphatic carbocycles. The van der Waals surface area contributed by atoms with E-state index in [1.807, 2.05) is 0 Å². The third kappa shape index (κ3) is 4.19. The van der Waals surface area contributed by atoms with Crippen LogP contribution in [0.3, 0.4) is 0 Å². The van der Waals surface area contributed by atoms with E-state index in [2.05, 4.69) is 25.5 Å². The SMILES string of the molecule is O=C(Nc1nc(-n2ccc(C(F)(F)F)n2)nc2c1cnn2-c1ccccc1)c1ccc([N+](=O)[O-])s1. The lowest BCUT2D eigenvalue weighted by atomic mass is 10.3. The number of nitro groups is 1. The summed E-state index contributed by atoms with van der Waals surface area (Å²) in [4.78, 5) is 31.7. The maximum atomic E-state index is 13.1. The zero-order valence-electron chi connectivity index (χ0n) is 17.2. The quantitative estimate of drug-likeness (QED) is 0.282. The van der Waals surface area contributed by atoms with E-state index in [4.69, 9.17) is 0 Å². The van der Waals surface area contributed by atoms with E-state index in [0.29, 0.717) is 22.4 Å². The van der Waals surface area contributed by atoms with Crippen molar-refractivity contribution in [3.63, 3.8) is 0 Å². The lowest BCUT2D eigenvalue weighted by Gasteiger charge is -2.09.